The second-order valence-corrected chi connectivity index (χ2v) is 9.72. The molecule has 1 aromatic carbocycles. The highest BCUT2D eigenvalue weighted by Gasteiger charge is 2.32. The normalized spacial score (nSPS) is 18.4. The highest BCUT2D eigenvalue weighted by molar-refractivity contribution is 7.99. The van der Waals surface area contributed by atoms with Crippen molar-refractivity contribution in [2.75, 3.05) is 5.75 Å². The number of rotatable bonds is 7. The van der Waals surface area contributed by atoms with Crippen molar-refractivity contribution < 1.29 is 4.79 Å². The lowest BCUT2D eigenvalue weighted by Crippen LogP contribution is -2.49. The minimum absolute atomic E-state index is 0.297. The zero-order chi connectivity index (χ0) is 20.8. The molecule has 0 radical (unpaired) electrons. The van der Waals surface area contributed by atoms with Gasteiger partial charge >= 0.3 is 0 Å². The first-order valence-corrected chi connectivity index (χ1v) is 12.6. The Labute approximate surface area is 184 Å². The van der Waals surface area contributed by atoms with Gasteiger partial charge < -0.3 is 9.47 Å². The highest BCUT2D eigenvalue weighted by Crippen LogP contribution is 2.31. The van der Waals surface area contributed by atoms with Crippen LogP contribution in [0.1, 0.15) is 75.6 Å². The number of hydrogen-bond acceptors (Lipinski definition) is 4. The van der Waals surface area contributed by atoms with Gasteiger partial charge in [0.25, 0.3) is 0 Å². The fourth-order valence-electron chi connectivity index (χ4n) is 5.04. The van der Waals surface area contributed by atoms with Gasteiger partial charge in [-0.05, 0) is 38.2 Å². The molecular formula is C24H34N4OS. The van der Waals surface area contributed by atoms with Crippen LogP contribution in [0.4, 0.5) is 0 Å². The number of hydrogen-bond donors (Lipinski definition) is 0. The van der Waals surface area contributed by atoms with Gasteiger partial charge in [-0.1, -0.05) is 80.6 Å². The smallest absolute Gasteiger partial charge is 0.233 e. The molecule has 2 fully saturated rings. The van der Waals surface area contributed by atoms with E-state index < -0.39 is 0 Å². The Hall–Kier alpha value is -1.82. The lowest BCUT2D eigenvalue weighted by molar-refractivity contribution is -0.135. The first-order chi connectivity index (χ1) is 14.7. The maximum Gasteiger partial charge on any atom is 0.233 e. The van der Waals surface area contributed by atoms with Gasteiger partial charge in [0.1, 0.15) is 5.82 Å². The molecule has 1 heterocycles. The Bertz CT molecular complexity index is 792. The minimum Gasteiger partial charge on any atom is -0.336 e. The van der Waals surface area contributed by atoms with E-state index in [9.17, 15) is 4.79 Å². The molecule has 1 aromatic heterocycles. The van der Waals surface area contributed by atoms with E-state index in [4.69, 9.17) is 0 Å². The summed E-state index contributed by atoms with van der Waals surface area (Å²) >= 11 is 1.55. The van der Waals surface area contributed by atoms with Crippen LogP contribution in [0.3, 0.4) is 0 Å². The Morgan fingerprint density at radius 1 is 0.967 bits per heavy atom. The Morgan fingerprint density at radius 2 is 1.57 bits per heavy atom. The average Bonchev–Trinajstić information content (AvgIpc) is 3.14. The van der Waals surface area contributed by atoms with Crippen molar-refractivity contribution in [3.63, 3.8) is 0 Å². The van der Waals surface area contributed by atoms with E-state index in [2.05, 4.69) is 43.9 Å². The van der Waals surface area contributed by atoms with Crippen molar-refractivity contribution in [2.24, 2.45) is 0 Å². The van der Waals surface area contributed by atoms with Crippen molar-refractivity contribution in [1.82, 2.24) is 19.7 Å². The summed E-state index contributed by atoms with van der Waals surface area (Å²) in [5, 5.41) is 9.50. The number of aryl methyl sites for hydroxylation is 1. The molecule has 0 bridgehead atoms. The maximum absolute atomic E-state index is 13.4. The molecule has 2 saturated carbocycles. The molecule has 30 heavy (non-hydrogen) atoms. The van der Waals surface area contributed by atoms with Crippen molar-refractivity contribution in [1.29, 1.82) is 0 Å². The van der Waals surface area contributed by atoms with E-state index in [0.717, 1.165) is 17.5 Å². The molecule has 2 aliphatic carbocycles. The van der Waals surface area contributed by atoms with Crippen LogP contribution in [0, 0.1) is 6.92 Å². The molecule has 162 valence electrons. The number of aromatic nitrogens is 3. The summed E-state index contributed by atoms with van der Waals surface area (Å²) in [5.74, 6) is 1.65. The minimum atomic E-state index is 0.297. The van der Waals surface area contributed by atoms with Crippen molar-refractivity contribution in [2.45, 2.75) is 94.9 Å². The third-order valence-electron chi connectivity index (χ3n) is 6.63. The maximum atomic E-state index is 13.4. The summed E-state index contributed by atoms with van der Waals surface area (Å²) in [6, 6.07) is 11.3. The van der Waals surface area contributed by atoms with Gasteiger partial charge in [0.05, 0.1) is 12.3 Å². The van der Waals surface area contributed by atoms with E-state index >= 15 is 0 Å². The predicted octanol–water partition coefficient (Wildman–Crippen LogP) is 5.22. The van der Waals surface area contributed by atoms with Gasteiger partial charge in [0, 0.05) is 12.1 Å². The molecule has 1 amide bonds. The van der Waals surface area contributed by atoms with Crippen LogP contribution in [0.15, 0.2) is 35.5 Å². The Balaban J connectivity index is 1.44. The van der Waals surface area contributed by atoms with Crippen LogP contribution in [0.2, 0.25) is 0 Å². The van der Waals surface area contributed by atoms with Crippen LogP contribution in [0.25, 0.3) is 0 Å². The van der Waals surface area contributed by atoms with Gasteiger partial charge in [0.2, 0.25) is 5.91 Å². The fraction of sp³-hybridized carbons (Fsp3) is 0.625. The topological polar surface area (TPSA) is 51.0 Å². The van der Waals surface area contributed by atoms with Crippen molar-refractivity contribution in [3.8, 4) is 0 Å². The molecule has 5 nitrogen and oxygen atoms in total. The fourth-order valence-corrected chi connectivity index (χ4v) is 5.89. The quantitative estimate of drug-likeness (QED) is 0.570. The third-order valence-corrected chi connectivity index (χ3v) is 7.59. The summed E-state index contributed by atoms with van der Waals surface area (Å²) in [6.07, 6.45) is 12.4. The standard InChI is InChI=1S/C24H34N4OS/c1-19-25-26-24(27(19)17-20-11-5-2-6-12-20)30-18-23(29)28(21-13-7-3-8-14-21)22-15-9-4-10-16-22/h2,5-6,11-12,21-22H,3-4,7-10,13-18H2,1H3. The number of carbonyl (C=O) groups excluding carboxylic acids is 1. The van der Waals surface area contributed by atoms with Crippen LogP contribution in [0.5, 0.6) is 0 Å². The molecule has 0 N–H and O–H groups in total. The first-order valence-electron chi connectivity index (χ1n) is 11.6. The number of thioether (sulfide) groups is 1. The summed E-state index contributed by atoms with van der Waals surface area (Å²) < 4.78 is 2.12. The molecule has 2 aliphatic rings. The van der Waals surface area contributed by atoms with Gasteiger partial charge in [-0.3, -0.25) is 4.79 Å². The lowest BCUT2D eigenvalue weighted by Gasteiger charge is -2.41. The molecule has 0 atom stereocenters. The van der Waals surface area contributed by atoms with E-state index in [1.165, 1.54) is 69.8 Å². The van der Waals surface area contributed by atoms with Crippen LogP contribution in [-0.4, -0.2) is 43.4 Å². The van der Waals surface area contributed by atoms with Gasteiger partial charge in [-0.25, -0.2) is 0 Å². The highest BCUT2D eigenvalue weighted by atomic mass is 32.2. The molecule has 4 rings (SSSR count). The van der Waals surface area contributed by atoms with Crippen molar-refractivity contribution >= 4 is 17.7 Å². The molecule has 2 aromatic rings. The summed E-state index contributed by atoms with van der Waals surface area (Å²) in [4.78, 5) is 15.7. The van der Waals surface area contributed by atoms with Gasteiger partial charge in [0.15, 0.2) is 5.16 Å². The number of amides is 1. The average molecular weight is 427 g/mol. The zero-order valence-corrected chi connectivity index (χ0v) is 18.9. The molecule has 0 saturated heterocycles. The number of benzene rings is 1. The van der Waals surface area contributed by atoms with Gasteiger partial charge in [-0.15, -0.1) is 10.2 Å². The van der Waals surface area contributed by atoms with Crippen LogP contribution < -0.4 is 0 Å². The third kappa shape index (κ3) is 5.26. The Morgan fingerprint density at radius 3 is 2.17 bits per heavy atom. The van der Waals surface area contributed by atoms with Crippen molar-refractivity contribution in [3.05, 3.63) is 41.7 Å². The first kappa shape index (κ1) is 21.4. The molecule has 6 heteroatoms. The molecule has 0 unspecified atom stereocenters. The lowest BCUT2D eigenvalue weighted by atomic mass is 9.88. The van der Waals surface area contributed by atoms with E-state index in [1.54, 1.807) is 11.8 Å². The molecular weight excluding hydrogens is 392 g/mol. The molecule has 0 spiro atoms. The number of nitrogens with zero attached hydrogens (tertiary/aromatic N) is 4. The van der Waals surface area contributed by atoms with Crippen LogP contribution >= 0.6 is 11.8 Å². The summed E-state index contributed by atoms with van der Waals surface area (Å²) in [7, 11) is 0. The van der Waals surface area contributed by atoms with Gasteiger partial charge in [-0.2, -0.15) is 0 Å². The van der Waals surface area contributed by atoms with Crippen LogP contribution in [-0.2, 0) is 11.3 Å². The number of carbonyl (C=O) groups is 1. The summed E-state index contributed by atoms with van der Waals surface area (Å²) in [6.45, 7) is 2.73. The van der Waals surface area contributed by atoms with E-state index in [-0.39, 0.29) is 0 Å². The second kappa shape index (κ2) is 10.5. The Kier molecular flexibility index (Phi) is 7.47. The largest absolute Gasteiger partial charge is 0.336 e. The van der Waals surface area contributed by atoms with E-state index in [0.29, 0.717) is 23.7 Å². The monoisotopic (exact) mass is 426 g/mol. The zero-order valence-electron chi connectivity index (χ0n) is 18.1. The van der Waals surface area contributed by atoms with E-state index in [1.807, 2.05) is 13.0 Å². The molecule has 0 aliphatic heterocycles. The second-order valence-electron chi connectivity index (χ2n) is 8.77. The predicted molar refractivity (Wildman–Crippen MR) is 122 cm³/mol. The summed E-state index contributed by atoms with van der Waals surface area (Å²) in [5.41, 5.74) is 1.22. The SMILES string of the molecule is Cc1nnc(SCC(=O)N(C2CCCCC2)C2CCCCC2)n1Cc1ccccc1.